The maximum atomic E-state index is 6.19. The van der Waals surface area contributed by atoms with Gasteiger partial charge in [-0.25, -0.2) is 4.98 Å². The molecule has 0 aliphatic rings. The summed E-state index contributed by atoms with van der Waals surface area (Å²) in [6, 6.07) is 4.19. The van der Waals surface area contributed by atoms with Crippen molar-refractivity contribution in [2.45, 2.75) is 6.42 Å². The van der Waals surface area contributed by atoms with Crippen LogP contribution in [0, 0.1) is 0 Å². The zero-order valence-electron chi connectivity index (χ0n) is 11.2. The molecule has 1 aromatic carbocycles. The van der Waals surface area contributed by atoms with Gasteiger partial charge < -0.3 is 15.5 Å². The number of nitrogens with zero attached hydrogens (tertiary/aromatic N) is 3. The minimum Gasteiger partial charge on any atom is -0.395 e. The maximum absolute atomic E-state index is 6.19. The molecule has 2 N–H and O–H groups in total. The molecule has 0 saturated carbocycles. The number of rotatable bonds is 5. The highest BCUT2D eigenvalue weighted by Gasteiger charge is 2.10. The molecule has 1 heterocycles. The van der Waals surface area contributed by atoms with Crippen LogP contribution in [0.4, 0.5) is 11.4 Å². The summed E-state index contributed by atoms with van der Waals surface area (Å²) in [5.41, 5.74) is 10.8. The molecule has 0 aliphatic heterocycles. The number of nitrogen functional groups attached to an aromatic ring is 1. The summed E-state index contributed by atoms with van der Waals surface area (Å²) in [6.07, 6.45) is 1.12. The van der Waals surface area contributed by atoms with Gasteiger partial charge in [-0.1, -0.05) is 0 Å². The third-order valence-electron chi connectivity index (χ3n) is 3.03. The molecule has 0 atom stereocenters. The van der Waals surface area contributed by atoms with Gasteiger partial charge in [-0.3, -0.25) is 0 Å². The number of fused-ring (bicyclic) bond motifs is 1. The van der Waals surface area contributed by atoms with Gasteiger partial charge in [-0.2, -0.15) is 0 Å². The predicted octanol–water partition coefficient (Wildman–Crippen LogP) is 2.27. The first-order valence-corrected chi connectivity index (χ1v) is 6.95. The van der Waals surface area contributed by atoms with Crippen LogP contribution in [0.2, 0.25) is 0 Å². The second kappa shape index (κ2) is 5.54. The molecule has 0 amide bonds. The molecule has 2 aromatic rings. The van der Waals surface area contributed by atoms with E-state index in [1.807, 2.05) is 5.51 Å². The van der Waals surface area contributed by atoms with Gasteiger partial charge in [0, 0.05) is 13.6 Å². The molecule has 0 spiro atoms. The van der Waals surface area contributed by atoms with Gasteiger partial charge in [-0.05, 0) is 39.2 Å². The Balaban J connectivity index is 2.12. The summed E-state index contributed by atoms with van der Waals surface area (Å²) in [5, 5.41) is 0. The predicted molar refractivity (Wildman–Crippen MR) is 80.5 cm³/mol. The van der Waals surface area contributed by atoms with Crippen LogP contribution in [-0.4, -0.2) is 44.1 Å². The molecule has 18 heavy (non-hydrogen) atoms. The Labute approximate surface area is 112 Å². The molecule has 0 saturated heterocycles. The molecule has 0 radical (unpaired) electrons. The van der Waals surface area contributed by atoms with Crippen LogP contribution in [-0.2, 0) is 0 Å². The number of hydrogen-bond acceptors (Lipinski definition) is 5. The summed E-state index contributed by atoms with van der Waals surface area (Å²) in [7, 11) is 6.27. The molecule has 0 bridgehead atoms. The standard InChI is InChI=1S/C13H20N4S/c1-16(2)7-4-8-17(3)10-5-6-11-13(12(10)14)15-9-18-11/h5-6,9H,4,7-8,14H2,1-3H3. The molecule has 0 fully saturated rings. The zero-order valence-corrected chi connectivity index (χ0v) is 12.0. The molecular weight excluding hydrogens is 244 g/mol. The lowest BCUT2D eigenvalue weighted by Gasteiger charge is -2.22. The summed E-state index contributed by atoms with van der Waals surface area (Å²) >= 11 is 1.63. The first-order valence-electron chi connectivity index (χ1n) is 6.07. The van der Waals surface area contributed by atoms with Crippen molar-refractivity contribution < 1.29 is 0 Å². The van der Waals surface area contributed by atoms with Crippen LogP contribution in [0.3, 0.4) is 0 Å². The van der Waals surface area contributed by atoms with E-state index in [1.165, 1.54) is 0 Å². The van der Waals surface area contributed by atoms with Gasteiger partial charge in [0.15, 0.2) is 0 Å². The van der Waals surface area contributed by atoms with Crippen molar-refractivity contribution in [3.63, 3.8) is 0 Å². The second-order valence-corrected chi connectivity index (χ2v) is 5.66. The summed E-state index contributed by atoms with van der Waals surface area (Å²) in [6.45, 7) is 2.08. The van der Waals surface area contributed by atoms with E-state index >= 15 is 0 Å². The van der Waals surface area contributed by atoms with E-state index in [4.69, 9.17) is 5.73 Å². The fourth-order valence-corrected chi connectivity index (χ4v) is 2.71. The molecule has 1 aromatic heterocycles. The van der Waals surface area contributed by atoms with E-state index < -0.39 is 0 Å². The summed E-state index contributed by atoms with van der Waals surface area (Å²) < 4.78 is 1.15. The molecular formula is C13H20N4S. The SMILES string of the molecule is CN(C)CCCN(C)c1ccc2scnc2c1N. The van der Waals surface area contributed by atoms with E-state index in [0.717, 1.165) is 41.1 Å². The third kappa shape index (κ3) is 2.73. The number of benzene rings is 1. The first kappa shape index (κ1) is 13.1. The van der Waals surface area contributed by atoms with Crippen molar-refractivity contribution in [1.29, 1.82) is 0 Å². The highest BCUT2D eigenvalue weighted by atomic mass is 32.1. The van der Waals surface area contributed by atoms with Crippen LogP contribution in [0.5, 0.6) is 0 Å². The van der Waals surface area contributed by atoms with Crippen molar-refractivity contribution in [3.8, 4) is 0 Å². The minimum atomic E-state index is 0.793. The van der Waals surface area contributed by atoms with Gasteiger partial charge in [0.25, 0.3) is 0 Å². The average Bonchev–Trinajstić information content (AvgIpc) is 2.77. The second-order valence-electron chi connectivity index (χ2n) is 4.78. The average molecular weight is 264 g/mol. The van der Waals surface area contributed by atoms with E-state index in [0.29, 0.717) is 0 Å². The molecule has 0 aliphatic carbocycles. The monoisotopic (exact) mass is 264 g/mol. The van der Waals surface area contributed by atoms with Gasteiger partial charge in [0.1, 0.15) is 5.52 Å². The molecule has 5 heteroatoms. The van der Waals surface area contributed by atoms with Crippen molar-refractivity contribution in [2.24, 2.45) is 0 Å². The van der Waals surface area contributed by atoms with E-state index in [2.05, 4.69) is 48.1 Å². The number of hydrogen-bond donors (Lipinski definition) is 1. The van der Waals surface area contributed by atoms with Crippen LogP contribution in [0.15, 0.2) is 17.6 Å². The minimum absolute atomic E-state index is 0.793. The molecule has 4 nitrogen and oxygen atoms in total. The lowest BCUT2D eigenvalue weighted by Crippen LogP contribution is -2.24. The van der Waals surface area contributed by atoms with E-state index in [-0.39, 0.29) is 0 Å². The van der Waals surface area contributed by atoms with Crippen LogP contribution in [0.25, 0.3) is 10.2 Å². The van der Waals surface area contributed by atoms with Crippen molar-refractivity contribution in [2.75, 3.05) is 44.9 Å². The van der Waals surface area contributed by atoms with Crippen molar-refractivity contribution in [1.82, 2.24) is 9.88 Å². The Morgan fingerprint density at radius 3 is 2.72 bits per heavy atom. The quantitative estimate of drug-likeness (QED) is 0.842. The van der Waals surface area contributed by atoms with Crippen molar-refractivity contribution in [3.05, 3.63) is 17.6 Å². The Hall–Kier alpha value is -1.33. The van der Waals surface area contributed by atoms with Crippen LogP contribution in [0.1, 0.15) is 6.42 Å². The Morgan fingerprint density at radius 2 is 2.00 bits per heavy atom. The Morgan fingerprint density at radius 1 is 1.22 bits per heavy atom. The lowest BCUT2D eigenvalue weighted by atomic mass is 10.2. The van der Waals surface area contributed by atoms with Crippen molar-refractivity contribution >= 4 is 32.9 Å². The molecule has 2 rings (SSSR count). The Bertz CT molecular complexity index is 521. The molecule has 0 unspecified atom stereocenters. The largest absolute Gasteiger partial charge is 0.395 e. The van der Waals surface area contributed by atoms with E-state index in [1.54, 1.807) is 11.3 Å². The maximum Gasteiger partial charge on any atom is 0.106 e. The fourth-order valence-electron chi connectivity index (χ4n) is 2.02. The normalized spacial score (nSPS) is 11.3. The number of thiazole rings is 1. The fraction of sp³-hybridized carbons (Fsp3) is 0.462. The number of aromatic nitrogens is 1. The van der Waals surface area contributed by atoms with Gasteiger partial charge in [0.2, 0.25) is 0 Å². The highest BCUT2D eigenvalue weighted by Crippen LogP contribution is 2.31. The summed E-state index contributed by atoms with van der Waals surface area (Å²) in [4.78, 5) is 8.73. The van der Waals surface area contributed by atoms with Gasteiger partial charge >= 0.3 is 0 Å². The lowest BCUT2D eigenvalue weighted by molar-refractivity contribution is 0.402. The molecule has 98 valence electrons. The number of nitrogens with two attached hydrogens (primary N) is 1. The number of anilines is 2. The van der Waals surface area contributed by atoms with Crippen LogP contribution >= 0.6 is 11.3 Å². The topological polar surface area (TPSA) is 45.4 Å². The zero-order chi connectivity index (χ0) is 13.1. The third-order valence-corrected chi connectivity index (χ3v) is 3.82. The highest BCUT2D eigenvalue weighted by molar-refractivity contribution is 7.16. The Kier molecular flexibility index (Phi) is 4.04. The van der Waals surface area contributed by atoms with Gasteiger partial charge in [0.05, 0.1) is 21.6 Å². The summed E-state index contributed by atoms with van der Waals surface area (Å²) in [5.74, 6) is 0. The van der Waals surface area contributed by atoms with Gasteiger partial charge in [-0.15, -0.1) is 11.3 Å². The van der Waals surface area contributed by atoms with E-state index in [9.17, 15) is 0 Å². The van der Waals surface area contributed by atoms with Crippen LogP contribution < -0.4 is 10.6 Å². The smallest absolute Gasteiger partial charge is 0.106 e. The first-order chi connectivity index (χ1) is 8.59.